The lowest BCUT2D eigenvalue weighted by Gasteiger charge is -2.32. The normalized spacial score (nSPS) is 31.9. The van der Waals surface area contributed by atoms with Crippen LogP contribution < -0.4 is 0 Å². The van der Waals surface area contributed by atoms with Gasteiger partial charge in [-0.2, -0.15) is 13.2 Å². The van der Waals surface area contributed by atoms with Crippen molar-refractivity contribution in [3.05, 3.63) is 0 Å². The number of halogens is 3. The zero-order valence-corrected chi connectivity index (χ0v) is 8.96. The number of carbonyl (C=O) groups is 2. The van der Waals surface area contributed by atoms with Crippen LogP contribution in [-0.2, 0) is 9.59 Å². The standard InChI is InChI=1S/C10H12F3NO3/c11-10(12,13)8(17)14-5-9(4-7(15)16)2-1-6(14)3-9/h6H,1-5H2,(H,15,16). The van der Waals surface area contributed by atoms with Crippen molar-refractivity contribution in [3.63, 3.8) is 0 Å². The molecule has 1 N–H and O–H groups in total. The van der Waals surface area contributed by atoms with Gasteiger partial charge >= 0.3 is 18.1 Å². The molecule has 2 bridgehead atoms. The SMILES string of the molecule is O=C(O)CC12CCC(C1)N(C(=O)C(F)(F)F)C2. The van der Waals surface area contributed by atoms with E-state index in [1.165, 1.54) is 0 Å². The predicted molar refractivity (Wildman–Crippen MR) is 50.1 cm³/mol. The molecule has 2 fully saturated rings. The van der Waals surface area contributed by atoms with Crippen molar-refractivity contribution in [2.75, 3.05) is 6.54 Å². The van der Waals surface area contributed by atoms with E-state index in [9.17, 15) is 22.8 Å². The van der Waals surface area contributed by atoms with Crippen LogP contribution in [0.15, 0.2) is 0 Å². The Morgan fingerprint density at radius 3 is 2.59 bits per heavy atom. The minimum absolute atomic E-state index is 0.0810. The molecule has 2 rings (SSSR count). The number of amides is 1. The molecular weight excluding hydrogens is 239 g/mol. The average molecular weight is 251 g/mol. The Balaban J connectivity index is 2.12. The fourth-order valence-corrected chi connectivity index (χ4v) is 3.01. The number of alkyl halides is 3. The highest BCUT2D eigenvalue weighted by molar-refractivity contribution is 5.83. The third-order valence-corrected chi connectivity index (χ3v) is 3.65. The van der Waals surface area contributed by atoms with Crippen LogP contribution in [-0.4, -0.2) is 40.6 Å². The molecule has 1 heterocycles. The van der Waals surface area contributed by atoms with Crippen molar-refractivity contribution in [1.29, 1.82) is 0 Å². The highest BCUT2D eigenvalue weighted by Crippen LogP contribution is 2.50. The van der Waals surface area contributed by atoms with Crippen molar-refractivity contribution in [3.8, 4) is 0 Å². The van der Waals surface area contributed by atoms with Gasteiger partial charge in [-0.05, 0) is 19.3 Å². The van der Waals surface area contributed by atoms with Gasteiger partial charge in [0, 0.05) is 18.0 Å². The van der Waals surface area contributed by atoms with E-state index < -0.39 is 29.5 Å². The highest BCUT2D eigenvalue weighted by Gasteiger charge is 2.56. The van der Waals surface area contributed by atoms with Gasteiger partial charge < -0.3 is 10.0 Å². The largest absolute Gasteiger partial charge is 0.481 e. The van der Waals surface area contributed by atoms with E-state index in [4.69, 9.17) is 5.11 Å². The van der Waals surface area contributed by atoms with Crippen LogP contribution in [0.4, 0.5) is 13.2 Å². The molecule has 4 nitrogen and oxygen atoms in total. The summed E-state index contributed by atoms with van der Waals surface area (Å²) in [5.41, 5.74) is -0.641. The van der Waals surface area contributed by atoms with Gasteiger partial charge in [-0.1, -0.05) is 0 Å². The third-order valence-electron chi connectivity index (χ3n) is 3.65. The molecule has 7 heteroatoms. The number of rotatable bonds is 2. The van der Waals surface area contributed by atoms with E-state index in [-0.39, 0.29) is 13.0 Å². The number of likely N-dealkylation sites (tertiary alicyclic amines) is 1. The smallest absolute Gasteiger partial charge is 0.471 e. The Morgan fingerprint density at radius 2 is 2.06 bits per heavy atom. The van der Waals surface area contributed by atoms with E-state index >= 15 is 0 Å². The van der Waals surface area contributed by atoms with Crippen molar-refractivity contribution in [2.24, 2.45) is 5.41 Å². The maximum Gasteiger partial charge on any atom is 0.471 e. The summed E-state index contributed by atoms with van der Waals surface area (Å²) in [7, 11) is 0. The first-order valence-corrected chi connectivity index (χ1v) is 5.33. The molecule has 0 aromatic rings. The van der Waals surface area contributed by atoms with Crippen LogP contribution in [0.1, 0.15) is 25.7 Å². The minimum Gasteiger partial charge on any atom is -0.481 e. The van der Waals surface area contributed by atoms with E-state index in [1.807, 2.05) is 0 Å². The Hall–Kier alpha value is -1.27. The molecule has 1 aliphatic carbocycles. The second kappa shape index (κ2) is 3.61. The number of carboxylic acid groups (broad SMARTS) is 1. The molecule has 2 aliphatic rings. The van der Waals surface area contributed by atoms with Gasteiger partial charge in [0.25, 0.3) is 0 Å². The molecule has 0 aromatic carbocycles. The Morgan fingerprint density at radius 1 is 1.41 bits per heavy atom. The summed E-state index contributed by atoms with van der Waals surface area (Å²) in [5.74, 6) is -2.86. The lowest BCUT2D eigenvalue weighted by molar-refractivity contribution is -0.187. The van der Waals surface area contributed by atoms with Crippen molar-refractivity contribution >= 4 is 11.9 Å². The zero-order chi connectivity index (χ0) is 12.8. The maximum absolute atomic E-state index is 12.3. The summed E-state index contributed by atoms with van der Waals surface area (Å²) in [4.78, 5) is 22.6. The topological polar surface area (TPSA) is 57.6 Å². The van der Waals surface area contributed by atoms with Gasteiger partial charge in [0.15, 0.2) is 0 Å². The van der Waals surface area contributed by atoms with Crippen LogP contribution in [0.2, 0.25) is 0 Å². The van der Waals surface area contributed by atoms with Gasteiger partial charge in [-0.15, -0.1) is 0 Å². The number of piperidine rings is 1. The zero-order valence-electron chi connectivity index (χ0n) is 8.96. The highest BCUT2D eigenvalue weighted by atomic mass is 19.4. The molecule has 17 heavy (non-hydrogen) atoms. The van der Waals surface area contributed by atoms with Gasteiger partial charge in [-0.3, -0.25) is 9.59 Å². The number of nitrogens with zero attached hydrogens (tertiary/aromatic N) is 1. The molecule has 1 saturated carbocycles. The molecule has 0 spiro atoms. The van der Waals surface area contributed by atoms with Crippen LogP contribution in [0, 0.1) is 5.41 Å². The van der Waals surface area contributed by atoms with Crippen LogP contribution in [0.25, 0.3) is 0 Å². The number of hydrogen-bond acceptors (Lipinski definition) is 2. The first-order chi connectivity index (χ1) is 7.73. The molecule has 96 valence electrons. The van der Waals surface area contributed by atoms with Crippen LogP contribution in [0.3, 0.4) is 0 Å². The number of carboxylic acids is 1. The summed E-state index contributed by atoms with van der Waals surface area (Å²) in [6.45, 7) is -0.0810. The van der Waals surface area contributed by atoms with E-state index in [0.717, 1.165) is 4.90 Å². The van der Waals surface area contributed by atoms with Gasteiger partial charge in [0.2, 0.25) is 0 Å². The fourth-order valence-electron chi connectivity index (χ4n) is 3.01. The molecule has 1 saturated heterocycles. The number of fused-ring (bicyclic) bond motifs is 2. The average Bonchev–Trinajstić information content (AvgIpc) is 2.70. The molecule has 1 aliphatic heterocycles. The number of aliphatic carboxylic acids is 1. The van der Waals surface area contributed by atoms with E-state index in [0.29, 0.717) is 19.3 Å². The number of hydrogen-bond donors (Lipinski definition) is 1. The summed E-state index contributed by atoms with van der Waals surface area (Å²) in [6, 6.07) is -0.441. The molecule has 2 atom stereocenters. The summed E-state index contributed by atoms with van der Waals surface area (Å²) < 4.78 is 36.9. The lowest BCUT2D eigenvalue weighted by Crippen LogP contribution is -2.46. The fraction of sp³-hybridized carbons (Fsp3) is 0.800. The number of carbonyl (C=O) groups excluding carboxylic acids is 1. The third kappa shape index (κ3) is 2.10. The second-order valence-corrected chi connectivity index (χ2v) is 4.90. The second-order valence-electron chi connectivity index (χ2n) is 4.90. The molecular formula is C10H12F3NO3. The first-order valence-electron chi connectivity index (χ1n) is 5.33. The Labute approximate surface area is 95.4 Å². The van der Waals surface area contributed by atoms with Crippen molar-refractivity contribution in [2.45, 2.75) is 37.9 Å². The molecule has 0 aromatic heterocycles. The van der Waals surface area contributed by atoms with Crippen LogP contribution in [0.5, 0.6) is 0 Å². The molecule has 2 unspecified atom stereocenters. The van der Waals surface area contributed by atoms with Gasteiger partial charge in [0.1, 0.15) is 0 Å². The Bertz CT molecular complexity index is 368. The van der Waals surface area contributed by atoms with E-state index in [2.05, 4.69) is 0 Å². The molecule has 1 amide bonds. The van der Waals surface area contributed by atoms with E-state index in [1.54, 1.807) is 0 Å². The predicted octanol–water partition coefficient (Wildman–Crippen LogP) is 1.40. The maximum atomic E-state index is 12.3. The minimum atomic E-state index is -4.87. The van der Waals surface area contributed by atoms with Gasteiger partial charge in [-0.25, -0.2) is 0 Å². The van der Waals surface area contributed by atoms with Crippen LogP contribution >= 0.6 is 0 Å². The summed E-state index contributed by atoms with van der Waals surface area (Å²) in [6.07, 6.45) is -3.60. The summed E-state index contributed by atoms with van der Waals surface area (Å²) >= 11 is 0. The lowest BCUT2D eigenvalue weighted by atomic mass is 9.84. The summed E-state index contributed by atoms with van der Waals surface area (Å²) in [5, 5.41) is 8.75. The quantitative estimate of drug-likeness (QED) is 0.807. The van der Waals surface area contributed by atoms with Crippen molar-refractivity contribution in [1.82, 2.24) is 4.90 Å². The Kier molecular flexibility index (Phi) is 2.59. The first kappa shape index (κ1) is 12.2. The molecule has 0 radical (unpaired) electrons. The van der Waals surface area contributed by atoms with Gasteiger partial charge in [0.05, 0.1) is 6.42 Å². The monoisotopic (exact) mass is 251 g/mol. The van der Waals surface area contributed by atoms with Crippen molar-refractivity contribution < 1.29 is 27.9 Å².